The van der Waals surface area contributed by atoms with E-state index in [1.165, 1.54) is 0 Å². The predicted octanol–water partition coefficient (Wildman–Crippen LogP) is 2.20. The van der Waals surface area contributed by atoms with Crippen LogP contribution in [0.1, 0.15) is 0 Å². The van der Waals surface area contributed by atoms with Gasteiger partial charge in [-0.1, -0.05) is 12.2 Å². The summed E-state index contributed by atoms with van der Waals surface area (Å²) in [7, 11) is 0. The van der Waals surface area contributed by atoms with Crippen molar-refractivity contribution in [1.29, 1.82) is 0 Å². The minimum absolute atomic E-state index is 0.634. The highest BCUT2D eigenvalue weighted by Crippen LogP contribution is 2.15. The number of H-pyrrole nitrogens is 1. The molecule has 2 rings (SSSR count). The third kappa shape index (κ3) is 1.78. The summed E-state index contributed by atoms with van der Waals surface area (Å²) in [6.45, 7) is 0. The number of nitrogens with zero attached hydrogens (tertiary/aromatic N) is 2. The first-order valence-corrected chi connectivity index (χ1v) is 4.22. The summed E-state index contributed by atoms with van der Waals surface area (Å²) in [5, 5.41) is 6.60. The quantitative estimate of drug-likeness (QED) is 0.699. The van der Waals surface area contributed by atoms with Crippen molar-refractivity contribution in [2.45, 2.75) is 0 Å². The van der Waals surface area contributed by atoms with Crippen LogP contribution in [0, 0.1) is 4.64 Å². The Labute approximate surface area is 80.5 Å². The number of nitrogens with one attached hydrogen (secondary N) is 1. The molecule has 2 aromatic heterocycles. The van der Waals surface area contributed by atoms with Crippen molar-refractivity contribution >= 4 is 12.2 Å². The van der Waals surface area contributed by atoms with Crippen LogP contribution in [0.2, 0.25) is 0 Å². The maximum atomic E-state index is 4.97. The highest BCUT2D eigenvalue weighted by Gasteiger charge is 1.95. The van der Waals surface area contributed by atoms with E-state index in [2.05, 4.69) is 15.2 Å². The van der Waals surface area contributed by atoms with Crippen molar-refractivity contribution in [1.82, 2.24) is 15.2 Å². The van der Waals surface area contributed by atoms with Gasteiger partial charge in [0.25, 0.3) is 0 Å². The van der Waals surface area contributed by atoms with Gasteiger partial charge in [-0.25, -0.2) is 0 Å². The van der Waals surface area contributed by atoms with Crippen molar-refractivity contribution in [2.24, 2.45) is 0 Å². The lowest BCUT2D eigenvalue weighted by Gasteiger charge is -1.97. The number of aromatic nitrogens is 3. The molecular formula is C9H7N3S. The van der Waals surface area contributed by atoms with Crippen LogP contribution in [0.25, 0.3) is 11.1 Å². The van der Waals surface area contributed by atoms with Gasteiger partial charge in [-0.05, 0) is 23.8 Å². The van der Waals surface area contributed by atoms with Gasteiger partial charge in [-0.15, -0.1) is 0 Å². The van der Waals surface area contributed by atoms with Crippen molar-refractivity contribution in [3.63, 3.8) is 0 Å². The van der Waals surface area contributed by atoms with Crippen LogP contribution in [0.4, 0.5) is 0 Å². The molecule has 13 heavy (non-hydrogen) atoms. The average Bonchev–Trinajstić information content (AvgIpc) is 2.19. The Hall–Kier alpha value is -1.55. The molecule has 0 aliphatic carbocycles. The third-order valence-electron chi connectivity index (χ3n) is 1.68. The molecule has 0 amide bonds. The van der Waals surface area contributed by atoms with Gasteiger partial charge in [0.05, 0.1) is 6.20 Å². The molecule has 0 atom stereocenters. The van der Waals surface area contributed by atoms with Crippen LogP contribution < -0.4 is 0 Å². The van der Waals surface area contributed by atoms with Crippen LogP contribution in [-0.2, 0) is 0 Å². The maximum Gasteiger partial charge on any atom is 0.120 e. The van der Waals surface area contributed by atoms with E-state index in [-0.39, 0.29) is 0 Å². The normalized spacial score (nSPS) is 9.85. The van der Waals surface area contributed by atoms with E-state index in [1.807, 2.05) is 18.2 Å². The van der Waals surface area contributed by atoms with Crippen LogP contribution in [0.15, 0.2) is 36.8 Å². The molecule has 0 aliphatic heterocycles. The van der Waals surface area contributed by atoms with Crippen LogP contribution in [0.5, 0.6) is 0 Å². The molecular weight excluding hydrogens is 182 g/mol. The Morgan fingerprint density at radius 1 is 1.15 bits per heavy atom. The topological polar surface area (TPSA) is 41.6 Å². The highest BCUT2D eigenvalue weighted by molar-refractivity contribution is 7.71. The Morgan fingerprint density at radius 3 is 2.62 bits per heavy atom. The number of aromatic amines is 1. The van der Waals surface area contributed by atoms with Gasteiger partial charge in [0.15, 0.2) is 0 Å². The van der Waals surface area contributed by atoms with Crippen molar-refractivity contribution in [3.8, 4) is 11.1 Å². The fourth-order valence-electron chi connectivity index (χ4n) is 1.08. The minimum Gasteiger partial charge on any atom is -0.268 e. The molecule has 3 nitrogen and oxygen atoms in total. The molecule has 0 saturated carbocycles. The summed E-state index contributed by atoms with van der Waals surface area (Å²) in [6.07, 6.45) is 5.23. The Kier molecular flexibility index (Phi) is 2.14. The van der Waals surface area contributed by atoms with E-state index >= 15 is 0 Å². The highest BCUT2D eigenvalue weighted by atomic mass is 32.1. The monoisotopic (exact) mass is 189 g/mol. The molecule has 2 aromatic rings. The van der Waals surface area contributed by atoms with Crippen molar-refractivity contribution in [2.75, 3.05) is 0 Å². The first-order chi connectivity index (χ1) is 6.36. The van der Waals surface area contributed by atoms with Crippen LogP contribution in [0.3, 0.4) is 0 Å². The molecule has 0 saturated heterocycles. The molecule has 2 heterocycles. The molecule has 0 unspecified atom stereocenters. The summed E-state index contributed by atoms with van der Waals surface area (Å²) in [5.74, 6) is 0. The first kappa shape index (κ1) is 8.07. The van der Waals surface area contributed by atoms with Gasteiger partial charge >= 0.3 is 0 Å². The largest absolute Gasteiger partial charge is 0.268 e. The number of hydrogen-bond donors (Lipinski definition) is 1. The lowest BCUT2D eigenvalue weighted by molar-refractivity contribution is 1.02. The molecule has 0 bridgehead atoms. The molecule has 0 aromatic carbocycles. The zero-order chi connectivity index (χ0) is 9.10. The predicted molar refractivity (Wildman–Crippen MR) is 52.7 cm³/mol. The summed E-state index contributed by atoms with van der Waals surface area (Å²) in [4.78, 5) is 3.94. The van der Waals surface area contributed by atoms with E-state index in [0.29, 0.717) is 4.64 Å². The van der Waals surface area contributed by atoms with Gasteiger partial charge in [-0.2, -0.15) is 5.10 Å². The standard InChI is InChI=1S/C9H7N3S/c13-9-5-8(6-11-12-9)7-1-3-10-4-2-7/h1-6H,(H,12,13). The fraction of sp³-hybridized carbons (Fsp3) is 0. The second-order valence-electron chi connectivity index (χ2n) is 2.57. The van der Waals surface area contributed by atoms with Gasteiger partial charge in [0, 0.05) is 18.0 Å². The lowest BCUT2D eigenvalue weighted by atomic mass is 10.1. The summed E-state index contributed by atoms with van der Waals surface area (Å²) < 4.78 is 0.634. The van der Waals surface area contributed by atoms with Crippen LogP contribution >= 0.6 is 12.2 Å². The number of hydrogen-bond acceptors (Lipinski definition) is 3. The summed E-state index contributed by atoms with van der Waals surface area (Å²) in [5.41, 5.74) is 2.08. The third-order valence-corrected chi connectivity index (χ3v) is 1.89. The molecule has 1 N–H and O–H groups in total. The molecule has 4 heteroatoms. The Morgan fingerprint density at radius 2 is 1.92 bits per heavy atom. The summed E-state index contributed by atoms with van der Waals surface area (Å²) >= 11 is 4.97. The van der Waals surface area contributed by atoms with Gasteiger partial charge < -0.3 is 0 Å². The minimum atomic E-state index is 0.634. The number of pyridine rings is 1. The van der Waals surface area contributed by atoms with Gasteiger partial charge in [0.2, 0.25) is 0 Å². The van der Waals surface area contributed by atoms with E-state index in [0.717, 1.165) is 11.1 Å². The van der Waals surface area contributed by atoms with Gasteiger partial charge in [0.1, 0.15) is 4.64 Å². The van der Waals surface area contributed by atoms with Crippen molar-refractivity contribution in [3.05, 3.63) is 41.4 Å². The molecule has 0 aliphatic rings. The Bertz CT molecular complexity index is 450. The zero-order valence-electron chi connectivity index (χ0n) is 6.77. The molecule has 0 radical (unpaired) electrons. The molecule has 0 spiro atoms. The van der Waals surface area contributed by atoms with Crippen LogP contribution in [-0.4, -0.2) is 15.2 Å². The average molecular weight is 189 g/mol. The number of rotatable bonds is 1. The zero-order valence-corrected chi connectivity index (χ0v) is 7.58. The fourth-order valence-corrected chi connectivity index (χ4v) is 1.26. The smallest absolute Gasteiger partial charge is 0.120 e. The molecule has 0 fully saturated rings. The maximum absolute atomic E-state index is 4.97. The second-order valence-corrected chi connectivity index (χ2v) is 3.01. The SMILES string of the molecule is S=c1cc(-c2ccncc2)cn[nH]1. The van der Waals surface area contributed by atoms with E-state index < -0.39 is 0 Å². The van der Waals surface area contributed by atoms with E-state index in [1.54, 1.807) is 18.6 Å². The summed E-state index contributed by atoms with van der Waals surface area (Å²) in [6, 6.07) is 5.72. The first-order valence-electron chi connectivity index (χ1n) is 3.81. The van der Waals surface area contributed by atoms with E-state index in [9.17, 15) is 0 Å². The van der Waals surface area contributed by atoms with E-state index in [4.69, 9.17) is 12.2 Å². The van der Waals surface area contributed by atoms with Crippen molar-refractivity contribution < 1.29 is 0 Å². The molecule has 64 valence electrons. The second kappa shape index (κ2) is 3.45. The van der Waals surface area contributed by atoms with Gasteiger partial charge in [-0.3, -0.25) is 10.1 Å². The Balaban J connectivity index is 2.54. The lowest BCUT2D eigenvalue weighted by Crippen LogP contribution is -1.84.